The lowest BCUT2D eigenvalue weighted by atomic mass is 9.64. The molecule has 2 fully saturated rings. The fraction of sp³-hybridized carbons (Fsp3) is 0.478. The van der Waals surface area contributed by atoms with Crippen LogP contribution in [0.1, 0.15) is 56.9 Å². The van der Waals surface area contributed by atoms with Crippen LogP contribution in [0, 0.1) is 23.6 Å². The van der Waals surface area contributed by atoms with Gasteiger partial charge < -0.3 is 0 Å². The summed E-state index contributed by atoms with van der Waals surface area (Å²) in [4.78, 5) is 0. The molecule has 4 atom stereocenters. The van der Waals surface area contributed by atoms with Crippen molar-refractivity contribution in [1.29, 1.82) is 0 Å². The van der Waals surface area contributed by atoms with Crippen molar-refractivity contribution < 1.29 is 4.39 Å². The van der Waals surface area contributed by atoms with Gasteiger partial charge in [-0.15, -0.1) is 0 Å². The summed E-state index contributed by atoms with van der Waals surface area (Å²) in [6.45, 7) is 2.43. The van der Waals surface area contributed by atoms with Crippen molar-refractivity contribution >= 4 is 0 Å². The first kappa shape index (κ1) is 15.9. The van der Waals surface area contributed by atoms with Gasteiger partial charge in [0, 0.05) is 0 Å². The quantitative estimate of drug-likeness (QED) is 0.569. The highest BCUT2D eigenvalue weighted by Crippen LogP contribution is 2.47. The molecule has 2 aliphatic carbocycles. The average molecular weight is 322 g/mol. The molecule has 2 aliphatic rings. The van der Waals surface area contributed by atoms with Crippen molar-refractivity contribution in [2.45, 2.75) is 51.4 Å². The standard InChI is InChI=1S/C23H27F/c1-16-2-3-22-15-21(9-8-20(22)14-16)19-6-4-17(5-7-19)18-10-12-23(24)13-11-18/h4-7,10-13,16,20-22H,2-3,8-9,14-15H2,1H3/t16?,20-,21-,22-/m1/s1. The number of rotatable bonds is 2. The Morgan fingerprint density at radius 3 is 2.00 bits per heavy atom. The Balaban J connectivity index is 1.46. The third-order valence-electron chi connectivity index (χ3n) is 6.43. The molecule has 0 N–H and O–H groups in total. The van der Waals surface area contributed by atoms with Gasteiger partial charge in [0.15, 0.2) is 0 Å². The van der Waals surface area contributed by atoms with Crippen molar-refractivity contribution in [2.24, 2.45) is 17.8 Å². The third kappa shape index (κ3) is 3.27. The number of benzene rings is 2. The minimum absolute atomic E-state index is 0.172. The maximum Gasteiger partial charge on any atom is 0.123 e. The molecule has 24 heavy (non-hydrogen) atoms. The van der Waals surface area contributed by atoms with E-state index in [4.69, 9.17) is 0 Å². The van der Waals surface area contributed by atoms with Gasteiger partial charge in [-0.05, 0) is 84.6 Å². The van der Waals surface area contributed by atoms with Gasteiger partial charge in [-0.3, -0.25) is 0 Å². The monoisotopic (exact) mass is 322 g/mol. The van der Waals surface area contributed by atoms with Crippen LogP contribution >= 0.6 is 0 Å². The van der Waals surface area contributed by atoms with E-state index in [-0.39, 0.29) is 5.82 Å². The highest BCUT2D eigenvalue weighted by atomic mass is 19.1. The molecule has 0 saturated heterocycles. The molecule has 2 aromatic carbocycles. The smallest absolute Gasteiger partial charge is 0.123 e. The van der Waals surface area contributed by atoms with E-state index >= 15 is 0 Å². The summed E-state index contributed by atoms with van der Waals surface area (Å²) in [5.41, 5.74) is 3.77. The summed E-state index contributed by atoms with van der Waals surface area (Å²) >= 11 is 0. The molecule has 0 aromatic heterocycles. The van der Waals surface area contributed by atoms with E-state index in [1.54, 1.807) is 0 Å². The molecule has 0 bridgehead atoms. The lowest BCUT2D eigenvalue weighted by molar-refractivity contribution is 0.124. The van der Waals surface area contributed by atoms with Gasteiger partial charge in [-0.25, -0.2) is 4.39 Å². The molecule has 0 amide bonds. The summed E-state index contributed by atoms with van der Waals surface area (Å²) in [7, 11) is 0. The second kappa shape index (κ2) is 6.70. The van der Waals surface area contributed by atoms with Crippen LogP contribution in [-0.4, -0.2) is 0 Å². The van der Waals surface area contributed by atoms with Gasteiger partial charge in [0.2, 0.25) is 0 Å². The van der Waals surface area contributed by atoms with Gasteiger partial charge in [-0.2, -0.15) is 0 Å². The fourth-order valence-corrected chi connectivity index (χ4v) is 5.02. The van der Waals surface area contributed by atoms with E-state index in [9.17, 15) is 4.39 Å². The number of hydrogen-bond acceptors (Lipinski definition) is 0. The van der Waals surface area contributed by atoms with Crippen LogP contribution in [0.3, 0.4) is 0 Å². The molecular formula is C23H27F. The predicted octanol–water partition coefficient (Wildman–Crippen LogP) is 6.81. The molecule has 0 nitrogen and oxygen atoms in total. The van der Waals surface area contributed by atoms with Crippen LogP contribution in [0.5, 0.6) is 0 Å². The molecule has 1 unspecified atom stereocenters. The van der Waals surface area contributed by atoms with Gasteiger partial charge in [0.05, 0.1) is 0 Å². The maximum absolute atomic E-state index is 13.1. The van der Waals surface area contributed by atoms with E-state index in [0.29, 0.717) is 0 Å². The summed E-state index contributed by atoms with van der Waals surface area (Å²) in [6.07, 6.45) is 8.48. The number of halogens is 1. The van der Waals surface area contributed by atoms with Crippen LogP contribution in [0.4, 0.5) is 4.39 Å². The Morgan fingerprint density at radius 2 is 1.29 bits per heavy atom. The first-order valence-electron chi connectivity index (χ1n) is 9.55. The molecular weight excluding hydrogens is 295 g/mol. The zero-order valence-corrected chi connectivity index (χ0v) is 14.5. The molecule has 2 aromatic rings. The Kier molecular flexibility index (Phi) is 4.43. The van der Waals surface area contributed by atoms with Crippen molar-refractivity contribution in [3.63, 3.8) is 0 Å². The van der Waals surface area contributed by atoms with Crippen molar-refractivity contribution in [3.8, 4) is 11.1 Å². The fourth-order valence-electron chi connectivity index (χ4n) is 5.02. The molecule has 0 spiro atoms. The molecule has 0 radical (unpaired) electrons. The zero-order chi connectivity index (χ0) is 16.5. The predicted molar refractivity (Wildman–Crippen MR) is 98.4 cm³/mol. The lowest BCUT2D eigenvalue weighted by Gasteiger charge is -2.41. The van der Waals surface area contributed by atoms with Crippen molar-refractivity contribution in [2.75, 3.05) is 0 Å². The maximum atomic E-state index is 13.1. The van der Waals surface area contributed by atoms with E-state index in [1.807, 2.05) is 12.1 Å². The van der Waals surface area contributed by atoms with Gasteiger partial charge in [0.1, 0.15) is 5.82 Å². The van der Waals surface area contributed by atoms with Crippen LogP contribution in [0.2, 0.25) is 0 Å². The highest BCUT2D eigenvalue weighted by molar-refractivity contribution is 5.63. The highest BCUT2D eigenvalue weighted by Gasteiger charge is 2.34. The Labute approximate surface area is 145 Å². The summed E-state index contributed by atoms with van der Waals surface area (Å²) in [5, 5.41) is 0. The average Bonchev–Trinajstić information content (AvgIpc) is 2.62. The topological polar surface area (TPSA) is 0 Å². The first-order valence-corrected chi connectivity index (χ1v) is 9.55. The molecule has 126 valence electrons. The van der Waals surface area contributed by atoms with E-state index in [0.717, 1.165) is 29.2 Å². The van der Waals surface area contributed by atoms with Crippen molar-refractivity contribution in [3.05, 3.63) is 59.9 Å². The van der Waals surface area contributed by atoms with Crippen molar-refractivity contribution in [1.82, 2.24) is 0 Å². The number of fused-ring (bicyclic) bond motifs is 1. The largest absolute Gasteiger partial charge is 0.207 e. The second-order valence-electron chi connectivity index (χ2n) is 8.08. The Bertz CT molecular complexity index is 670. The number of hydrogen-bond donors (Lipinski definition) is 0. The molecule has 4 rings (SSSR count). The minimum Gasteiger partial charge on any atom is -0.207 e. The van der Waals surface area contributed by atoms with Crippen LogP contribution in [0.25, 0.3) is 11.1 Å². The lowest BCUT2D eigenvalue weighted by Crippen LogP contribution is -2.29. The zero-order valence-electron chi connectivity index (χ0n) is 14.5. The molecule has 0 heterocycles. The SMILES string of the molecule is CC1CC[C@@H]2C[C@H](c3ccc(-c4ccc(F)cc4)cc3)CC[C@@H]2C1. The summed E-state index contributed by atoms with van der Waals surface area (Å²) in [6, 6.07) is 15.8. The molecule has 1 heteroatoms. The van der Waals surface area contributed by atoms with E-state index in [2.05, 4.69) is 31.2 Å². The molecule has 2 saturated carbocycles. The van der Waals surface area contributed by atoms with E-state index < -0.39 is 0 Å². The van der Waals surface area contributed by atoms with E-state index in [1.165, 1.54) is 61.8 Å². The van der Waals surface area contributed by atoms with Crippen LogP contribution in [-0.2, 0) is 0 Å². The summed E-state index contributed by atoms with van der Waals surface area (Å²) < 4.78 is 13.1. The molecule has 0 aliphatic heterocycles. The Hall–Kier alpha value is -1.63. The van der Waals surface area contributed by atoms with Crippen LogP contribution < -0.4 is 0 Å². The minimum atomic E-state index is -0.172. The van der Waals surface area contributed by atoms with Crippen LogP contribution in [0.15, 0.2) is 48.5 Å². The normalized spacial score (nSPS) is 29.9. The first-order chi connectivity index (χ1) is 11.7. The second-order valence-corrected chi connectivity index (χ2v) is 8.08. The Morgan fingerprint density at radius 1 is 0.708 bits per heavy atom. The summed E-state index contributed by atoms with van der Waals surface area (Å²) in [5.74, 6) is 3.45. The van der Waals surface area contributed by atoms with Gasteiger partial charge in [-0.1, -0.05) is 49.7 Å². The van der Waals surface area contributed by atoms with Gasteiger partial charge in [0.25, 0.3) is 0 Å². The van der Waals surface area contributed by atoms with Gasteiger partial charge >= 0.3 is 0 Å². The third-order valence-corrected chi connectivity index (χ3v) is 6.43.